The van der Waals surface area contributed by atoms with Crippen molar-refractivity contribution in [3.63, 3.8) is 0 Å². The van der Waals surface area contributed by atoms with E-state index in [1.165, 1.54) is 0 Å². The minimum Gasteiger partial charge on any atom is -0.338 e. The fourth-order valence-corrected chi connectivity index (χ4v) is 3.32. The second-order valence-electron chi connectivity index (χ2n) is 6.56. The van der Waals surface area contributed by atoms with Crippen LogP contribution in [0.5, 0.6) is 0 Å². The topological polar surface area (TPSA) is 64.2 Å². The first-order valence-electron chi connectivity index (χ1n) is 8.33. The van der Waals surface area contributed by atoms with E-state index in [0.29, 0.717) is 16.5 Å². The zero-order chi connectivity index (χ0) is 17.3. The van der Waals surface area contributed by atoms with Crippen molar-refractivity contribution in [3.05, 3.63) is 46.7 Å². The van der Waals surface area contributed by atoms with Crippen molar-refractivity contribution in [2.75, 3.05) is 13.1 Å². The van der Waals surface area contributed by atoms with E-state index in [9.17, 15) is 4.79 Å². The van der Waals surface area contributed by atoms with Crippen LogP contribution >= 0.6 is 11.6 Å². The van der Waals surface area contributed by atoms with Crippen molar-refractivity contribution >= 4 is 17.5 Å². The molecule has 0 aliphatic carbocycles. The Morgan fingerprint density at radius 2 is 2.08 bits per heavy atom. The van der Waals surface area contributed by atoms with Crippen molar-refractivity contribution in [2.24, 2.45) is 11.7 Å². The molecule has 2 heterocycles. The lowest BCUT2D eigenvalue weighted by Gasteiger charge is -2.34. The van der Waals surface area contributed by atoms with Crippen LogP contribution in [0.15, 0.2) is 30.5 Å². The number of piperidine rings is 1. The zero-order valence-corrected chi connectivity index (χ0v) is 14.8. The third-order valence-corrected chi connectivity index (χ3v) is 4.96. The van der Waals surface area contributed by atoms with E-state index in [1.54, 1.807) is 10.9 Å². The fourth-order valence-electron chi connectivity index (χ4n) is 3.19. The number of aromatic nitrogens is 2. The molecule has 0 saturated carbocycles. The van der Waals surface area contributed by atoms with Crippen molar-refractivity contribution < 1.29 is 4.79 Å². The predicted molar refractivity (Wildman–Crippen MR) is 95.6 cm³/mol. The summed E-state index contributed by atoms with van der Waals surface area (Å²) < 4.78 is 1.73. The number of aryl methyl sites for hydroxylation is 1. The van der Waals surface area contributed by atoms with Crippen molar-refractivity contribution in [3.8, 4) is 5.69 Å². The quantitative estimate of drug-likeness (QED) is 0.929. The lowest BCUT2D eigenvalue weighted by Crippen LogP contribution is -2.45. The molecule has 3 rings (SSSR count). The Morgan fingerprint density at radius 1 is 1.38 bits per heavy atom. The minimum absolute atomic E-state index is 0.0399. The van der Waals surface area contributed by atoms with Crippen LogP contribution in [0.25, 0.3) is 5.69 Å². The predicted octanol–water partition coefficient (Wildman–Crippen LogP) is 3.03. The first-order chi connectivity index (χ1) is 11.5. The first-order valence-corrected chi connectivity index (χ1v) is 8.70. The number of amides is 1. The maximum absolute atomic E-state index is 12.9. The highest BCUT2D eigenvalue weighted by molar-refractivity contribution is 6.30. The van der Waals surface area contributed by atoms with Gasteiger partial charge in [-0.05, 0) is 56.9 Å². The summed E-state index contributed by atoms with van der Waals surface area (Å²) in [5.41, 5.74) is 8.29. The van der Waals surface area contributed by atoms with Crippen LogP contribution < -0.4 is 5.73 Å². The summed E-state index contributed by atoms with van der Waals surface area (Å²) in [6, 6.07) is 7.51. The van der Waals surface area contributed by atoms with Gasteiger partial charge in [-0.2, -0.15) is 5.10 Å². The molecule has 0 unspecified atom stereocenters. The van der Waals surface area contributed by atoms with E-state index in [1.807, 2.05) is 43.0 Å². The van der Waals surface area contributed by atoms with Gasteiger partial charge in [0, 0.05) is 30.4 Å². The molecule has 0 bridgehead atoms. The third-order valence-electron chi connectivity index (χ3n) is 4.71. The Kier molecular flexibility index (Phi) is 4.92. The van der Waals surface area contributed by atoms with Gasteiger partial charge < -0.3 is 10.6 Å². The Labute approximate surface area is 147 Å². The molecule has 6 heteroatoms. The van der Waals surface area contributed by atoms with E-state index >= 15 is 0 Å². The largest absolute Gasteiger partial charge is 0.338 e. The highest BCUT2D eigenvalue weighted by atomic mass is 35.5. The third kappa shape index (κ3) is 3.47. The van der Waals surface area contributed by atoms with Crippen molar-refractivity contribution in [1.82, 2.24) is 14.7 Å². The number of hydrogen-bond donors (Lipinski definition) is 1. The molecule has 1 aliphatic rings. The van der Waals surface area contributed by atoms with Gasteiger partial charge in [0.1, 0.15) is 0 Å². The standard InChI is InChI=1S/C18H23ClN4O/c1-12(20)14-4-3-9-22(10-14)18(24)17-11-23(21-13(17)2)16-7-5-15(19)6-8-16/h5-8,11-12,14H,3-4,9-10,20H2,1-2H3/t12-,14-/m0/s1. The zero-order valence-electron chi connectivity index (χ0n) is 14.1. The molecule has 1 aromatic heterocycles. The number of carbonyl (C=O) groups excluding carboxylic acids is 1. The number of hydrogen-bond acceptors (Lipinski definition) is 3. The maximum Gasteiger partial charge on any atom is 0.257 e. The van der Waals surface area contributed by atoms with Gasteiger partial charge in [0.2, 0.25) is 0 Å². The molecule has 1 aliphatic heterocycles. The minimum atomic E-state index is 0.0399. The molecule has 2 N–H and O–H groups in total. The number of halogens is 1. The average molecular weight is 347 g/mol. The molecule has 24 heavy (non-hydrogen) atoms. The van der Waals surface area contributed by atoms with Crippen LogP contribution in [-0.4, -0.2) is 39.7 Å². The Hall–Kier alpha value is -1.85. The number of nitrogens with zero attached hydrogens (tertiary/aromatic N) is 3. The van der Waals surface area contributed by atoms with Crippen LogP contribution in [0.4, 0.5) is 0 Å². The van der Waals surface area contributed by atoms with Crippen molar-refractivity contribution in [1.29, 1.82) is 0 Å². The smallest absolute Gasteiger partial charge is 0.257 e. The Bertz CT molecular complexity index is 723. The van der Waals surface area contributed by atoms with Crippen LogP contribution in [0.2, 0.25) is 5.02 Å². The molecule has 1 aromatic carbocycles. The van der Waals surface area contributed by atoms with Gasteiger partial charge >= 0.3 is 0 Å². The number of benzene rings is 1. The van der Waals surface area contributed by atoms with Gasteiger partial charge in [-0.25, -0.2) is 4.68 Å². The molecule has 0 radical (unpaired) electrons. The summed E-state index contributed by atoms with van der Waals surface area (Å²) in [4.78, 5) is 14.8. The van der Waals surface area contributed by atoms with Crippen LogP contribution in [0.3, 0.4) is 0 Å². The summed E-state index contributed by atoms with van der Waals surface area (Å²) in [7, 11) is 0. The second-order valence-corrected chi connectivity index (χ2v) is 7.00. The van der Waals surface area contributed by atoms with E-state index in [2.05, 4.69) is 5.10 Å². The van der Waals surface area contributed by atoms with Gasteiger partial charge in [0.05, 0.1) is 16.9 Å². The number of carbonyl (C=O) groups is 1. The van der Waals surface area contributed by atoms with Gasteiger partial charge in [-0.1, -0.05) is 11.6 Å². The van der Waals surface area contributed by atoms with Crippen LogP contribution in [0.1, 0.15) is 35.8 Å². The lowest BCUT2D eigenvalue weighted by molar-refractivity contribution is 0.0660. The molecular formula is C18H23ClN4O. The molecule has 1 amide bonds. The van der Waals surface area contributed by atoms with Gasteiger partial charge in [-0.15, -0.1) is 0 Å². The van der Waals surface area contributed by atoms with Crippen LogP contribution in [-0.2, 0) is 0 Å². The molecule has 0 spiro atoms. The van der Waals surface area contributed by atoms with E-state index in [4.69, 9.17) is 17.3 Å². The van der Waals surface area contributed by atoms with Gasteiger partial charge in [0.25, 0.3) is 5.91 Å². The number of nitrogens with two attached hydrogens (primary N) is 1. The maximum atomic E-state index is 12.9. The van der Waals surface area contributed by atoms with Gasteiger partial charge in [0.15, 0.2) is 0 Å². The molecular weight excluding hydrogens is 324 g/mol. The average Bonchev–Trinajstić information content (AvgIpc) is 2.96. The normalized spacial score (nSPS) is 19.3. The molecule has 2 atom stereocenters. The van der Waals surface area contributed by atoms with E-state index in [-0.39, 0.29) is 11.9 Å². The summed E-state index contributed by atoms with van der Waals surface area (Å²) in [6.07, 6.45) is 3.89. The monoisotopic (exact) mass is 346 g/mol. The summed E-state index contributed by atoms with van der Waals surface area (Å²) in [5.74, 6) is 0.410. The molecule has 5 nitrogen and oxygen atoms in total. The highest BCUT2D eigenvalue weighted by Gasteiger charge is 2.28. The van der Waals surface area contributed by atoms with E-state index in [0.717, 1.165) is 37.3 Å². The van der Waals surface area contributed by atoms with Crippen molar-refractivity contribution in [2.45, 2.75) is 32.7 Å². The van der Waals surface area contributed by atoms with E-state index < -0.39 is 0 Å². The SMILES string of the molecule is Cc1nn(-c2ccc(Cl)cc2)cc1C(=O)N1CCC[C@H]([C@H](C)N)C1. The number of likely N-dealkylation sites (tertiary alicyclic amines) is 1. The highest BCUT2D eigenvalue weighted by Crippen LogP contribution is 2.22. The summed E-state index contributed by atoms with van der Waals surface area (Å²) >= 11 is 5.93. The summed E-state index contributed by atoms with van der Waals surface area (Å²) in [6.45, 7) is 5.39. The van der Waals surface area contributed by atoms with Crippen LogP contribution in [0, 0.1) is 12.8 Å². The second kappa shape index (κ2) is 6.95. The summed E-state index contributed by atoms with van der Waals surface area (Å²) in [5, 5.41) is 5.16. The first kappa shape index (κ1) is 17.0. The lowest BCUT2D eigenvalue weighted by atomic mass is 9.92. The Morgan fingerprint density at radius 3 is 2.75 bits per heavy atom. The molecule has 128 valence electrons. The Balaban J connectivity index is 1.81. The molecule has 2 aromatic rings. The number of rotatable bonds is 3. The van der Waals surface area contributed by atoms with Gasteiger partial charge in [-0.3, -0.25) is 4.79 Å². The molecule has 1 fully saturated rings. The molecule has 1 saturated heterocycles. The fraction of sp³-hybridized carbons (Fsp3) is 0.444.